The van der Waals surface area contributed by atoms with Crippen molar-refractivity contribution in [3.63, 3.8) is 0 Å². The van der Waals surface area contributed by atoms with Crippen molar-refractivity contribution in [2.24, 2.45) is 0 Å². The number of aliphatic hydroxyl groups is 1. The maximum Gasteiger partial charge on any atom is 0.0953 e. The molecule has 3 heteroatoms. The largest absolute Gasteiger partial charge is 0.390 e. The van der Waals surface area contributed by atoms with Crippen LogP contribution in [0.15, 0.2) is 36.8 Å². The van der Waals surface area contributed by atoms with E-state index in [4.69, 9.17) is 5.11 Å². The topological polar surface area (TPSA) is 38.0 Å². The monoisotopic (exact) mass is 230 g/mol. The fourth-order valence-corrected chi connectivity index (χ4v) is 1.79. The Morgan fingerprint density at radius 3 is 2.47 bits per heavy atom. The fraction of sp³-hybridized carbons (Fsp3) is 0.357. The van der Waals surface area contributed by atoms with Crippen LogP contribution in [0.25, 0.3) is 0 Å². The fourth-order valence-electron chi connectivity index (χ4n) is 1.79. The molecule has 1 aromatic carbocycles. The minimum absolute atomic E-state index is 0.000707. The van der Waals surface area contributed by atoms with Gasteiger partial charge in [-0.3, -0.25) is 0 Å². The van der Waals surface area contributed by atoms with E-state index in [1.54, 1.807) is 6.33 Å². The first-order valence-corrected chi connectivity index (χ1v) is 5.89. The SMILES string of the molecule is CC(C)c1ccc(Cn2cnc(CO)c2)cc1. The molecule has 1 aromatic heterocycles. The van der Waals surface area contributed by atoms with Crippen molar-refractivity contribution in [1.29, 1.82) is 0 Å². The molecule has 3 nitrogen and oxygen atoms in total. The van der Waals surface area contributed by atoms with E-state index >= 15 is 0 Å². The zero-order valence-corrected chi connectivity index (χ0v) is 10.3. The number of imidazole rings is 1. The molecular formula is C14H18N2O. The highest BCUT2D eigenvalue weighted by Gasteiger charge is 2.01. The van der Waals surface area contributed by atoms with Gasteiger partial charge in [0.15, 0.2) is 0 Å². The van der Waals surface area contributed by atoms with Gasteiger partial charge in [-0.05, 0) is 17.0 Å². The predicted octanol–water partition coefficient (Wildman–Crippen LogP) is 2.55. The molecule has 0 aliphatic carbocycles. The molecule has 0 aliphatic heterocycles. The van der Waals surface area contributed by atoms with Crippen LogP contribution in [0.3, 0.4) is 0 Å². The van der Waals surface area contributed by atoms with Gasteiger partial charge in [-0.25, -0.2) is 4.98 Å². The molecule has 0 bridgehead atoms. The smallest absolute Gasteiger partial charge is 0.0953 e. The summed E-state index contributed by atoms with van der Waals surface area (Å²) in [5, 5.41) is 8.94. The number of rotatable bonds is 4. The van der Waals surface area contributed by atoms with E-state index in [0.29, 0.717) is 11.6 Å². The van der Waals surface area contributed by atoms with E-state index in [0.717, 1.165) is 6.54 Å². The zero-order valence-electron chi connectivity index (χ0n) is 10.3. The summed E-state index contributed by atoms with van der Waals surface area (Å²) in [4.78, 5) is 4.09. The first-order valence-electron chi connectivity index (χ1n) is 5.89. The lowest BCUT2D eigenvalue weighted by molar-refractivity contribution is 0.277. The Morgan fingerprint density at radius 1 is 1.24 bits per heavy atom. The molecule has 0 spiro atoms. The molecule has 0 fully saturated rings. The van der Waals surface area contributed by atoms with E-state index < -0.39 is 0 Å². The average Bonchev–Trinajstić information content (AvgIpc) is 2.77. The third-order valence-electron chi connectivity index (χ3n) is 2.86. The minimum atomic E-state index is -0.000707. The minimum Gasteiger partial charge on any atom is -0.390 e. The number of aromatic nitrogens is 2. The standard InChI is InChI=1S/C14H18N2O/c1-11(2)13-5-3-12(4-6-13)7-16-8-14(9-17)15-10-16/h3-6,8,10-11,17H,7,9H2,1-2H3. The molecule has 1 heterocycles. The molecule has 1 N–H and O–H groups in total. The van der Waals surface area contributed by atoms with E-state index in [-0.39, 0.29) is 6.61 Å². The molecule has 0 amide bonds. The van der Waals surface area contributed by atoms with Crippen LogP contribution in [0, 0.1) is 0 Å². The van der Waals surface area contributed by atoms with Crippen molar-refractivity contribution in [3.05, 3.63) is 53.6 Å². The highest BCUT2D eigenvalue weighted by molar-refractivity contribution is 5.24. The van der Waals surface area contributed by atoms with Gasteiger partial charge in [-0.2, -0.15) is 0 Å². The van der Waals surface area contributed by atoms with E-state index in [9.17, 15) is 0 Å². The summed E-state index contributed by atoms with van der Waals surface area (Å²) in [6.07, 6.45) is 3.62. The summed E-state index contributed by atoms with van der Waals surface area (Å²) in [5.74, 6) is 0.568. The third kappa shape index (κ3) is 2.94. The average molecular weight is 230 g/mol. The molecule has 0 saturated heterocycles. The maximum atomic E-state index is 8.94. The second-order valence-corrected chi connectivity index (χ2v) is 4.59. The van der Waals surface area contributed by atoms with Crippen molar-refractivity contribution in [2.45, 2.75) is 32.9 Å². The molecule has 17 heavy (non-hydrogen) atoms. The normalized spacial score (nSPS) is 11.1. The van der Waals surface area contributed by atoms with Crippen molar-refractivity contribution in [3.8, 4) is 0 Å². The van der Waals surface area contributed by atoms with Crippen LogP contribution >= 0.6 is 0 Å². The van der Waals surface area contributed by atoms with Gasteiger partial charge in [0.1, 0.15) is 0 Å². The van der Waals surface area contributed by atoms with Gasteiger partial charge in [0.25, 0.3) is 0 Å². The van der Waals surface area contributed by atoms with Crippen LogP contribution in [0.1, 0.15) is 36.6 Å². The summed E-state index contributed by atoms with van der Waals surface area (Å²) < 4.78 is 1.98. The molecule has 0 radical (unpaired) electrons. The third-order valence-corrected chi connectivity index (χ3v) is 2.86. The highest BCUT2D eigenvalue weighted by Crippen LogP contribution is 2.15. The Hall–Kier alpha value is -1.61. The molecule has 0 aliphatic rings. The molecule has 0 saturated carbocycles. The van der Waals surface area contributed by atoms with Crippen LogP contribution in [-0.4, -0.2) is 14.7 Å². The molecule has 2 aromatic rings. The Kier molecular flexibility index (Phi) is 3.59. The Labute approximate surface area is 102 Å². The van der Waals surface area contributed by atoms with E-state index in [2.05, 4.69) is 43.1 Å². The van der Waals surface area contributed by atoms with Crippen LogP contribution < -0.4 is 0 Å². The van der Waals surface area contributed by atoms with Gasteiger partial charge in [-0.15, -0.1) is 0 Å². The summed E-state index contributed by atoms with van der Waals surface area (Å²) >= 11 is 0. The van der Waals surface area contributed by atoms with Crippen LogP contribution in [0.2, 0.25) is 0 Å². The van der Waals surface area contributed by atoms with E-state index in [1.807, 2.05) is 10.8 Å². The number of hydrogen-bond donors (Lipinski definition) is 1. The molecule has 0 atom stereocenters. The lowest BCUT2D eigenvalue weighted by Gasteiger charge is -2.07. The van der Waals surface area contributed by atoms with Gasteiger partial charge >= 0.3 is 0 Å². The molecule has 0 unspecified atom stereocenters. The number of aliphatic hydroxyl groups excluding tert-OH is 1. The van der Waals surface area contributed by atoms with Crippen molar-refractivity contribution < 1.29 is 5.11 Å². The predicted molar refractivity (Wildman–Crippen MR) is 67.8 cm³/mol. The van der Waals surface area contributed by atoms with Crippen LogP contribution in [0.4, 0.5) is 0 Å². The highest BCUT2D eigenvalue weighted by atomic mass is 16.3. The van der Waals surface area contributed by atoms with Gasteiger partial charge in [0, 0.05) is 12.7 Å². The Balaban J connectivity index is 2.08. The molecular weight excluding hydrogens is 212 g/mol. The van der Waals surface area contributed by atoms with Crippen molar-refractivity contribution >= 4 is 0 Å². The Morgan fingerprint density at radius 2 is 1.94 bits per heavy atom. The summed E-state index contributed by atoms with van der Waals surface area (Å²) in [5.41, 5.74) is 3.32. The Bertz CT molecular complexity index is 471. The molecule has 90 valence electrons. The lowest BCUT2D eigenvalue weighted by atomic mass is 10.0. The lowest BCUT2D eigenvalue weighted by Crippen LogP contribution is -1.97. The van der Waals surface area contributed by atoms with Crippen LogP contribution in [-0.2, 0) is 13.2 Å². The number of nitrogens with zero attached hydrogens (tertiary/aromatic N) is 2. The zero-order chi connectivity index (χ0) is 12.3. The van der Waals surface area contributed by atoms with Gasteiger partial charge in [-0.1, -0.05) is 38.1 Å². The van der Waals surface area contributed by atoms with Crippen LogP contribution in [0.5, 0.6) is 0 Å². The first-order chi connectivity index (χ1) is 8.19. The maximum absolute atomic E-state index is 8.94. The van der Waals surface area contributed by atoms with Gasteiger partial charge < -0.3 is 9.67 Å². The molecule has 2 rings (SSSR count). The van der Waals surface area contributed by atoms with Crippen molar-refractivity contribution in [1.82, 2.24) is 9.55 Å². The number of hydrogen-bond acceptors (Lipinski definition) is 2. The van der Waals surface area contributed by atoms with Gasteiger partial charge in [0.2, 0.25) is 0 Å². The second-order valence-electron chi connectivity index (χ2n) is 4.59. The summed E-state index contributed by atoms with van der Waals surface area (Å²) in [6, 6.07) is 8.63. The quantitative estimate of drug-likeness (QED) is 0.876. The van der Waals surface area contributed by atoms with E-state index in [1.165, 1.54) is 11.1 Å². The summed E-state index contributed by atoms with van der Waals surface area (Å²) in [6.45, 7) is 5.18. The second kappa shape index (κ2) is 5.15. The van der Waals surface area contributed by atoms with Crippen molar-refractivity contribution in [2.75, 3.05) is 0 Å². The number of benzene rings is 1. The summed E-state index contributed by atoms with van der Waals surface area (Å²) in [7, 11) is 0. The first kappa shape index (κ1) is 11.9. The van der Waals surface area contributed by atoms with Gasteiger partial charge in [0.05, 0.1) is 18.6 Å².